The van der Waals surface area contributed by atoms with Gasteiger partial charge in [-0.3, -0.25) is 4.79 Å². The molecule has 86 valence electrons. The van der Waals surface area contributed by atoms with Crippen molar-refractivity contribution in [2.45, 2.75) is 6.92 Å². The Morgan fingerprint density at radius 3 is 3.00 bits per heavy atom. The van der Waals surface area contributed by atoms with Crippen LogP contribution in [-0.2, 0) is 0 Å². The minimum Gasteiger partial charge on any atom is -0.340 e. The lowest BCUT2D eigenvalue weighted by atomic mass is 10.1. The number of carbonyl (C=O) groups excluding carboxylic acids is 1. The van der Waals surface area contributed by atoms with Crippen molar-refractivity contribution < 1.29 is 9.18 Å². The molecule has 1 heterocycles. The number of nitrogens with one attached hydrogen (secondary N) is 1. The van der Waals surface area contributed by atoms with E-state index in [1.165, 1.54) is 17.4 Å². The minimum absolute atomic E-state index is 0.176. The second kappa shape index (κ2) is 4.56. The number of benzene rings is 1. The van der Waals surface area contributed by atoms with Crippen LogP contribution in [0.25, 0.3) is 10.1 Å². The van der Waals surface area contributed by atoms with Crippen molar-refractivity contribution in [2.75, 3.05) is 6.54 Å². The van der Waals surface area contributed by atoms with Crippen LogP contribution in [0.3, 0.4) is 0 Å². The van der Waals surface area contributed by atoms with Crippen molar-refractivity contribution in [3.8, 4) is 12.3 Å². The normalized spacial score (nSPS) is 10.2. The fourth-order valence-electron chi connectivity index (χ4n) is 1.68. The van der Waals surface area contributed by atoms with E-state index in [0.29, 0.717) is 15.8 Å². The van der Waals surface area contributed by atoms with Gasteiger partial charge in [0.25, 0.3) is 5.91 Å². The summed E-state index contributed by atoms with van der Waals surface area (Å²) in [6.45, 7) is 1.92. The van der Waals surface area contributed by atoms with E-state index in [1.54, 1.807) is 19.1 Å². The van der Waals surface area contributed by atoms with Gasteiger partial charge in [0.05, 0.1) is 11.4 Å². The van der Waals surface area contributed by atoms with Gasteiger partial charge in [-0.05, 0) is 24.6 Å². The van der Waals surface area contributed by atoms with Crippen LogP contribution in [0.2, 0.25) is 0 Å². The average Bonchev–Trinajstić information content (AvgIpc) is 2.65. The first kappa shape index (κ1) is 11.6. The Morgan fingerprint density at radius 2 is 2.35 bits per heavy atom. The van der Waals surface area contributed by atoms with Gasteiger partial charge in [-0.25, -0.2) is 4.39 Å². The zero-order valence-corrected chi connectivity index (χ0v) is 10.0. The van der Waals surface area contributed by atoms with E-state index in [4.69, 9.17) is 6.42 Å². The number of thiophene rings is 1. The van der Waals surface area contributed by atoms with Crippen molar-refractivity contribution in [2.24, 2.45) is 0 Å². The maximum Gasteiger partial charge on any atom is 0.262 e. The smallest absolute Gasteiger partial charge is 0.262 e. The topological polar surface area (TPSA) is 29.1 Å². The Kier molecular flexibility index (Phi) is 3.12. The summed E-state index contributed by atoms with van der Waals surface area (Å²) < 4.78 is 14.4. The zero-order chi connectivity index (χ0) is 12.4. The molecular weight excluding hydrogens is 237 g/mol. The summed E-state index contributed by atoms with van der Waals surface area (Å²) in [5.74, 6) is 1.78. The molecule has 0 bridgehead atoms. The Balaban J connectivity index is 2.50. The SMILES string of the molecule is C#CCNC(=O)c1sc2cccc(F)c2c1C. The molecule has 0 aliphatic carbocycles. The van der Waals surface area contributed by atoms with Gasteiger partial charge in [-0.15, -0.1) is 17.8 Å². The van der Waals surface area contributed by atoms with Crippen LogP contribution < -0.4 is 5.32 Å². The molecule has 0 fully saturated rings. The molecule has 2 aromatic rings. The van der Waals surface area contributed by atoms with E-state index in [9.17, 15) is 9.18 Å². The number of amides is 1. The molecule has 2 rings (SSSR count). The number of halogens is 1. The quantitative estimate of drug-likeness (QED) is 0.812. The van der Waals surface area contributed by atoms with Crippen LogP contribution in [0.15, 0.2) is 18.2 Å². The van der Waals surface area contributed by atoms with Gasteiger partial charge < -0.3 is 5.32 Å². The number of rotatable bonds is 2. The lowest BCUT2D eigenvalue weighted by molar-refractivity contribution is 0.0962. The summed E-state index contributed by atoms with van der Waals surface area (Å²) in [5, 5.41) is 3.10. The first-order valence-electron chi connectivity index (χ1n) is 5.04. The zero-order valence-electron chi connectivity index (χ0n) is 9.21. The third-order valence-corrected chi connectivity index (χ3v) is 3.72. The van der Waals surface area contributed by atoms with Crippen molar-refractivity contribution in [3.63, 3.8) is 0 Å². The molecule has 0 spiro atoms. The van der Waals surface area contributed by atoms with E-state index in [-0.39, 0.29) is 18.3 Å². The number of fused-ring (bicyclic) bond motifs is 1. The van der Waals surface area contributed by atoms with E-state index < -0.39 is 0 Å². The fraction of sp³-hybridized carbons (Fsp3) is 0.154. The average molecular weight is 247 g/mol. The van der Waals surface area contributed by atoms with Gasteiger partial charge in [0, 0.05) is 10.1 Å². The van der Waals surface area contributed by atoms with Crippen LogP contribution in [0.4, 0.5) is 4.39 Å². The second-order valence-corrected chi connectivity index (χ2v) is 4.61. The number of hydrogen-bond acceptors (Lipinski definition) is 2. The number of aryl methyl sites for hydroxylation is 1. The van der Waals surface area contributed by atoms with E-state index in [0.717, 1.165) is 4.70 Å². The molecule has 1 aromatic heterocycles. The highest BCUT2D eigenvalue weighted by molar-refractivity contribution is 7.21. The highest BCUT2D eigenvalue weighted by Gasteiger charge is 2.16. The summed E-state index contributed by atoms with van der Waals surface area (Å²) in [7, 11) is 0. The molecule has 17 heavy (non-hydrogen) atoms. The summed E-state index contributed by atoms with van der Waals surface area (Å²) in [6, 6.07) is 4.83. The Labute approximate surface area is 102 Å². The van der Waals surface area contributed by atoms with Gasteiger partial charge in [0.1, 0.15) is 5.82 Å². The molecular formula is C13H10FNOS. The molecule has 2 nitrogen and oxygen atoms in total. The van der Waals surface area contributed by atoms with Crippen LogP contribution in [0.1, 0.15) is 15.2 Å². The van der Waals surface area contributed by atoms with E-state index >= 15 is 0 Å². The highest BCUT2D eigenvalue weighted by atomic mass is 32.1. The molecule has 0 saturated heterocycles. The molecule has 1 amide bonds. The predicted octanol–water partition coefficient (Wildman–Crippen LogP) is 2.71. The molecule has 0 aliphatic heterocycles. The first-order valence-corrected chi connectivity index (χ1v) is 5.86. The lowest BCUT2D eigenvalue weighted by Gasteiger charge is -1.99. The summed E-state index contributed by atoms with van der Waals surface area (Å²) in [5.41, 5.74) is 0.664. The molecule has 0 atom stereocenters. The monoisotopic (exact) mass is 247 g/mol. The minimum atomic E-state index is -0.299. The standard InChI is InChI=1S/C13H10FNOS/c1-3-7-15-13(16)12-8(2)11-9(14)5-4-6-10(11)17-12/h1,4-6H,7H2,2H3,(H,15,16). The third kappa shape index (κ3) is 2.02. The third-order valence-electron chi connectivity index (χ3n) is 2.46. The van der Waals surface area contributed by atoms with Crippen LogP contribution >= 0.6 is 11.3 Å². The fourth-order valence-corrected chi connectivity index (χ4v) is 2.82. The van der Waals surface area contributed by atoms with Gasteiger partial charge >= 0.3 is 0 Å². The maximum atomic E-state index is 13.6. The molecule has 0 unspecified atom stereocenters. The Morgan fingerprint density at radius 1 is 1.59 bits per heavy atom. The lowest BCUT2D eigenvalue weighted by Crippen LogP contribution is -2.23. The number of terminal acetylenes is 1. The van der Waals surface area contributed by atoms with Crippen molar-refractivity contribution in [1.29, 1.82) is 0 Å². The first-order chi connectivity index (χ1) is 8.15. The van der Waals surface area contributed by atoms with Gasteiger partial charge in [-0.2, -0.15) is 0 Å². The van der Waals surface area contributed by atoms with Crippen LogP contribution in [-0.4, -0.2) is 12.5 Å². The molecule has 0 radical (unpaired) electrons. The van der Waals surface area contributed by atoms with Gasteiger partial charge in [0.15, 0.2) is 0 Å². The second-order valence-electron chi connectivity index (χ2n) is 3.56. The van der Waals surface area contributed by atoms with Crippen molar-refractivity contribution in [1.82, 2.24) is 5.32 Å². The van der Waals surface area contributed by atoms with Crippen LogP contribution in [0.5, 0.6) is 0 Å². The van der Waals surface area contributed by atoms with E-state index in [1.807, 2.05) is 0 Å². The maximum absolute atomic E-state index is 13.6. The highest BCUT2D eigenvalue weighted by Crippen LogP contribution is 2.32. The Bertz CT molecular complexity index is 624. The van der Waals surface area contributed by atoms with Gasteiger partial charge in [0.2, 0.25) is 0 Å². The molecule has 1 N–H and O–H groups in total. The number of carbonyl (C=O) groups is 1. The van der Waals surface area contributed by atoms with Crippen LogP contribution in [0, 0.1) is 25.1 Å². The van der Waals surface area contributed by atoms with Crippen molar-refractivity contribution >= 4 is 27.3 Å². The van der Waals surface area contributed by atoms with Crippen molar-refractivity contribution in [3.05, 3.63) is 34.5 Å². The molecule has 1 aromatic carbocycles. The molecule has 0 aliphatic rings. The summed E-state index contributed by atoms with van der Waals surface area (Å²) in [4.78, 5) is 12.3. The summed E-state index contributed by atoms with van der Waals surface area (Å²) >= 11 is 1.28. The molecule has 0 saturated carbocycles. The predicted molar refractivity (Wildman–Crippen MR) is 67.7 cm³/mol. The molecule has 4 heteroatoms. The Hall–Kier alpha value is -1.86. The van der Waals surface area contributed by atoms with Gasteiger partial charge in [-0.1, -0.05) is 12.0 Å². The number of hydrogen-bond donors (Lipinski definition) is 1. The largest absolute Gasteiger partial charge is 0.340 e. The summed E-state index contributed by atoms with van der Waals surface area (Å²) in [6.07, 6.45) is 5.07. The van der Waals surface area contributed by atoms with E-state index in [2.05, 4.69) is 11.2 Å².